The molecule has 5 rings (SSSR count). The molecule has 1 aliphatic heterocycles. The highest BCUT2D eigenvalue weighted by molar-refractivity contribution is 7.52. The first-order valence-electron chi connectivity index (χ1n) is 14.2. The van der Waals surface area contributed by atoms with Crippen LogP contribution in [0.25, 0.3) is 0 Å². The highest BCUT2D eigenvalue weighted by Gasteiger charge is 2.50. The van der Waals surface area contributed by atoms with Crippen LogP contribution >= 0.6 is 7.60 Å². The van der Waals surface area contributed by atoms with Gasteiger partial charge in [-0.2, -0.15) is 4.98 Å². The smallest absolute Gasteiger partial charge is 0.353 e. The minimum absolute atomic E-state index is 0.0571. The van der Waals surface area contributed by atoms with Gasteiger partial charge >= 0.3 is 25.2 Å². The van der Waals surface area contributed by atoms with Gasteiger partial charge in [-0.15, -0.1) is 0 Å². The van der Waals surface area contributed by atoms with Crippen molar-refractivity contribution >= 4 is 31.3 Å². The van der Waals surface area contributed by atoms with Crippen molar-refractivity contribution in [2.45, 2.75) is 24.5 Å². The lowest BCUT2D eigenvalue weighted by molar-refractivity contribution is -0.0651. The summed E-state index contributed by atoms with van der Waals surface area (Å²) in [5, 5.41) is 2.55. The Hall–Kier alpha value is -4.98. The third-order valence-electron chi connectivity index (χ3n) is 7.02. The molecule has 244 valence electrons. The molecule has 1 fully saturated rings. The fourth-order valence-corrected chi connectivity index (χ4v) is 5.13. The van der Waals surface area contributed by atoms with Crippen molar-refractivity contribution < 1.29 is 47.3 Å². The van der Waals surface area contributed by atoms with E-state index in [4.69, 9.17) is 18.9 Å². The average Bonchev–Trinajstić information content (AvgIpc) is 3.43. The second kappa shape index (κ2) is 15.1. The molecule has 0 saturated carbocycles. The van der Waals surface area contributed by atoms with E-state index in [9.17, 15) is 28.6 Å². The van der Waals surface area contributed by atoms with E-state index < -0.39 is 68.6 Å². The average molecular weight is 664 g/mol. The Kier molecular flexibility index (Phi) is 10.7. The molecule has 1 unspecified atom stereocenters. The zero-order valence-corrected chi connectivity index (χ0v) is 25.8. The predicted molar refractivity (Wildman–Crippen MR) is 166 cm³/mol. The molecule has 1 aliphatic rings. The molecule has 2 heterocycles. The Labute approximate surface area is 268 Å². The summed E-state index contributed by atoms with van der Waals surface area (Å²) in [5.41, 5.74) is -0.139. The normalized spacial score (nSPS) is 20.1. The van der Waals surface area contributed by atoms with E-state index in [-0.39, 0.29) is 16.9 Å². The highest BCUT2D eigenvalue weighted by Crippen LogP contribution is 2.43. The van der Waals surface area contributed by atoms with Gasteiger partial charge in [0.2, 0.25) is 0 Å². The number of carbonyl (C=O) groups is 3. The van der Waals surface area contributed by atoms with Crippen LogP contribution in [0.5, 0.6) is 0 Å². The van der Waals surface area contributed by atoms with E-state index >= 15 is 0 Å². The van der Waals surface area contributed by atoms with Crippen molar-refractivity contribution in [2.24, 2.45) is 0 Å². The summed E-state index contributed by atoms with van der Waals surface area (Å²) >= 11 is 0. The number of esters is 2. The lowest BCUT2D eigenvalue weighted by Crippen LogP contribution is -2.41. The second-order valence-corrected chi connectivity index (χ2v) is 12.1. The van der Waals surface area contributed by atoms with Crippen LogP contribution in [0.3, 0.4) is 0 Å². The number of amides is 1. The lowest BCUT2D eigenvalue weighted by Gasteiger charge is -2.25. The van der Waals surface area contributed by atoms with Crippen LogP contribution in [-0.2, 0) is 28.0 Å². The molecule has 0 aliphatic carbocycles. The summed E-state index contributed by atoms with van der Waals surface area (Å²) in [7, 11) is -3.23. The van der Waals surface area contributed by atoms with E-state index in [0.29, 0.717) is 5.56 Å². The molecule has 4 aromatic rings. The number of hydrogen-bond donors (Lipinski definition) is 2. The molecule has 2 N–H and O–H groups in total. The molecular weight excluding hydrogens is 633 g/mol. The maximum absolute atomic E-state index is 13.3. The summed E-state index contributed by atoms with van der Waals surface area (Å²) in [6.45, 7) is -0.454. The van der Waals surface area contributed by atoms with E-state index in [1.165, 1.54) is 24.4 Å². The van der Waals surface area contributed by atoms with Crippen molar-refractivity contribution in [3.05, 3.63) is 130 Å². The van der Waals surface area contributed by atoms with E-state index in [1.807, 2.05) is 0 Å². The molecule has 3 aromatic carbocycles. The first-order chi connectivity index (χ1) is 22.6. The van der Waals surface area contributed by atoms with Gasteiger partial charge in [-0.1, -0.05) is 54.6 Å². The van der Waals surface area contributed by atoms with Gasteiger partial charge in [0.25, 0.3) is 5.91 Å². The Bertz CT molecular complexity index is 1810. The molecule has 5 atom stereocenters. The monoisotopic (exact) mass is 663 g/mol. The Morgan fingerprint density at radius 1 is 0.872 bits per heavy atom. The van der Waals surface area contributed by atoms with Gasteiger partial charge in [-0.3, -0.25) is 13.9 Å². The van der Waals surface area contributed by atoms with Crippen LogP contribution in [0, 0.1) is 0 Å². The number of carbonyl (C=O) groups excluding carboxylic acids is 3. The van der Waals surface area contributed by atoms with Crippen LogP contribution in [0.2, 0.25) is 0 Å². The second-order valence-electron chi connectivity index (χ2n) is 10.2. The van der Waals surface area contributed by atoms with Gasteiger partial charge in [-0.25, -0.2) is 14.4 Å². The topological polar surface area (TPSA) is 182 Å². The largest absolute Gasteiger partial charge is 0.459 e. The van der Waals surface area contributed by atoms with Crippen LogP contribution in [-0.4, -0.2) is 70.7 Å². The van der Waals surface area contributed by atoms with Crippen molar-refractivity contribution in [3.63, 3.8) is 0 Å². The van der Waals surface area contributed by atoms with Gasteiger partial charge in [0, 0.05) is 18.9 Å². The number of anilines is 1. The molecule has 0 bridgehead atoms. The number of ether oxygens (including phenoxy) is 4. The zero-order valence-electron chi connectivity index (χ0n) is 24.9. The Morgan fingerprint density at radius 2 is 1.45 bits per heavy atom. The summed E-state index contributed by atoms with van der Waals surface area (Å²) in [6.07, 6.45) is -4.95. The van der Waals surface area contributed by atoms with Crippen molar-refractivity contribution in [1.82, 2.24) is 9.55 Å². The number of nitrogens with one attached hydrogen (secondary N) is 1. The SMILES string of the molecule is COP(=O)(O)CO[C@H]1[C@@H](OC(=O)c2ccccc2)[C@H](n2ccc(NC(=O)c3ccccc3)nc2=O)O[C@@H]1COC(=O)c1ccccc1. The van der Waals surface area contributed by atoms with E-state index in [1.54, 1.807) is 78.9 Å². The highest BCUT2D eigenvalue weighted by atomic mass is 31.2. The molecular formula is C32H30N3O11P. The molecule has 14 nitrogen and oxygen atoms in total. The maximum Gasteiger partial charge on any atom is 0.353 e. The third-order valence-corrected chi connectivity index (χ3v) is 8.07. The van der Waals surface area contributed by atoms with Gasteiger partial charge in [0.05, 0.1) is 11.1 Å². The summed E-state index contributed by atoms with van der Waals surface area (Å²) in [4.78, 5) is 65.9. The van der Waals surface area contributed by atoms with Crippen molar-refractivity contribution in [1.29, 1.82) is 0 Å². The first kappa shape index (κ1) is 33.4. The van der Waals surface area contributed by atoms with Gasteiger partial charge in [0.15, 0.2) is 12.3 Å². The molecule has 15 heteroatoms. The number of hydrogen-bond acceptors (Lipinski definition) is 11. The molecule has 0 radical (unpaired) electrons. The van der Waals surface area contributed by atoms with Gasteiger partial charge < -0.3 is 33.7 Å². The molecule has 1 saturated heterocycles. The fraction of sp³-hybridized carbons (Fsp3) is 0.219. The van der Waals surface area contributed by atoms with Crippen molar-refractivity contribution in [2.75, 3.05) is 25.4 Å². The van der Waals surface area contributed by atoms with Crippen LogP contribution in [0.15, 0.2) is 108 Å². The van der Waals surface area contributed by atoms with Crippen molar-refractivity contribution in [3.8, 4) is 0 Å². The minimum Gasteiger partial charge on any atom is -0.459 e. The number of nitrogens with zero attached hydrogens (tertiary/aromatic N) is 2. The standard InChI is InChI=1S/C32H30N3O11P/c1-42-47(40,41)20-44-26-24(19-43-30(37)22-13-7-3-8-14-22)45-29(27(26)46-31(38)23-15-9-4-10-16-23)35-18-17-25(34-32(35)39)33-28(36)21-11-5-2-6-12-21/h2-18,24,26-27,29H,19-20H2,1H3,(H,40,41)(H,33,34,36,39)/t24-,26-,27-,29-/m1/s1. The van der Waals surface area contributed by atoms with Crippen LogP contribution < -0.4 is 11.0 Å². The summed E-state index contributed by atoms with van der Waals surface area (Å²) < 4.78 is 41.1. The molecule has 47 heavy (non-hydrogen) atoms. The fourth-order valence-electron chi connectivity index (χ4n) is 4.66. The Balaban J connectivity index is 1.46. The van der Waals surface area contributed by atoms with Crippen LogP contribution in [0.1, 0.15) is 37.3 Å². The Morgan fingerprint density at radius 3 is 2.02 bits per heavy atom. The van der Waals surface area contributed by atoms with Gasteiger partial charge in [0.1, 0.15) is 31.0 Å². The predicted octanol–water partition coefficient (Wildman–Crippen LogP) is 3.65. The van der Waals surface area contributed by atoms with E-state index in [2.05, 4.69) is 14.8 Å². The lowest BCUT2D eigenvalue weighted by atomic mass is 10.1. The van der Waals surface area contributed by atoms with Crippen LogP contribution in [0.4, 0.5) is 5.82 Å². The molecule has 1 amide bonds. The summed E-state index contributed by atoms with van der Waals surface area (Å²) in [6, 6.07) is 25.7. The van der Waals surface area contributed by atoms with E-state index in [0.717, 1.165) is 11.7 Å². The number of benzene rings is 3. The number of rotatable bonds is 12. The maximum atomic E-state index is 13.3. The third kappa shape index (κ3) is 8.44. The number of aromatic nitrogens is 2. The summed E-state index contributed by atoms with van der Waals surface area (Å²) in [5.74, 6) is -2.07. The molecule has 1 aromatic heterocycles. The quantitative estimate of drug-likeness (QED) is 0.166. The molecule has 0 spiro atoms. The van der Waals surface area contributed by atoms with Gasteiger partial charge in [-0.05, 0) is 42.5 Å². The minimum atomic E-state index is -4.25. The first-order valence-corrected chi connectivity index (χ1v) is 16.0. The zero-order chi connectivity index (χ0) is 33.4.